The summed E-state index contributed by atoms with van der Waals surface area (Å²) in [6.45, 7) is 13.7. The number of hydrogen-bond acceptors (Lipinski definition) is 2. The Morgan fingerprint density at radius 1 is 0.333 bits per heavy atom. The highest BCUT2D eigenvalue weighted by Crippen LogP contribution is 2.43. The van der Waals surface area contributed by atoms with Gasteiger partial charge in [0.15, 0.2) is 0 Å². The fourth-order valence-electron chi connectivity index (χ4n) is 10.5. The van der Waals surface area contributed by atoms with Gasteiger partial charge in [0.2, 0.25) is 0 Å². The molecule has 0 aliphatic carbocycles. The van der Waals surface area contributed by atoms with Crippen molar-refractivity contribution in [2.75, 3.05) is 0 Å². The second-order valence-electron chi connectivity index (χ2n) is 18.3. The van der Waals surface area contributed by atoms with Crippen LogP contribution < -0.4 is 0 Å². The number of aryl methyl sites for hydroxylation is 6. The Bertz CT molecular complexity index is 2500. The zero-order chi connectivity index (χ0) is 41.6. The van der Waals surface area contributed by atoms with Crippen molar-refractivity contribution < 1.29 is 8.83 Å². The molecule has 0 fully saturated rings. The van der Waals surface area contributed by atoms with Gasteiger partial charge in [-0.2, -0.15) is 0 Å². The third kappa shape index (κ3) is 8.95. The Morgan fingerprint density at radius 3 is 1.03 bits per heavy atom. The number of benzene rings is 6. The molecule has 0 saturated heterocycles. The van der Waals surface area contributed by atoms with Crippen LogP contribution in [0.15, 0.2) is 93.8 Å². The van der Waals surface area contributed by atoms with Gasteiger partial charge in [0.1, 0.15) is 22.3 Å². The van der Waals surface area contributed by atoms with Crippen LogP contribution in [0, 0.1) is 27.7 Å². The van der Waals surface area contributed by atoms with Gasteiger partial charge < -0.3 is 8.83 Å². The molecule has 8 rings (SSSR count). The average molecular weight is 797 g/mol. The Labute approximate surface area is 359 Å². The highest BCUT2D eigenvalue weighted by Gasteiger charge is 2.18. The van der Waals surface area contributed by atoms with Crippen LogP contribution in [0.5, 0.6) is 0 Å². The standard InChI is InChI=1S/C58H68O2/c1-7-9-11-13-15-17-19-21-23-43-33-39(3)55(40(4)34-43)45-25-27-49-53(37-45)59-51-31-29-48-47(57(49)51)30-32-52-58(48)50-28-26-46(38-54(50)60-52)56-41(5)35-44(36-42(56)6)24-22-20-18-16-14-12-10-8-2/h25-38H,7-24H2,1-6H3. The maximum atomic E-state index is 6.63. The van der Waals surface area contributed by atoms with Crippen molar-refractivity contribution in [1.29, 1.82) is 0 Å². The number of unbranched alkanes of at least 4 members (excludes halogenated alkanes) is 14. The van der Waals surface area contributed by atoms with Crippen molar-refractivity contribution in [3.8, 4) is 22.3 Å². The van der Waals surface area contributed by atoms with E-state index in [1.807, 2.05) is 0 Å². The average Bonchev–Trinajstić information content (AvgIpc) is 3.80. The van der Waals surface area contributed by atoms with Crippen LogP contribution in [0.1, 0.15) is 150 Å². The number of rotatable bonds is 20. The summed E-state index contributed by atoms with van der Waals surface area (Å²) >= 11 is 0. The normalized spacial score (nSPS) is 12.0. The van der Waals surface area contributed by atoms with Gasteiger partial charge >= 0.3 is 0 Å². The van der Waals surface area contributed by atoms with Crippen LogP contribution in [-0.4, -0.2) is 0 Å². The molecule has 0 amide bonds. The fraction of sp³-hybridized carbons (Fsp3) is 0.414. The summed E-state index contributed by atoms with van der Waals surface area (Å²) in [6.07, 6.45) is 24.1. The molecule has 8 aromatic rings. The van der Waals surface area contributed by atoms with E-state index in [1.54, 1.807) is 0 Å². The van der Waals surface area contributed by atoms with Gasteiger partial charge in [0.25, 0.3) is 0 Å². The quantitative estimate of drug-likeness (QED) is 0.0718. The molecular formula is C58H68O2. The monoisotopic (exact) mass is 797 g/mol. The summed E-state index contributed by atoms with van der Waals surface area (Å²) in [5.41, 5.74) is 17.1. The fourth-order valence-corrected chi connectivity index (χ4v) is 10.5. The molecule has 0 spiro atoms. The van der Waals surface area contributed by atoms with E-state index < -0.39 is 0 Å². The Hall–Kier alpha value is -4.82. The highest BCUT2D eigenvalue weighted by atomic mass is 16.3. The van der Waals surface area contributed by atoms with Gasteiger partial charge in [-0.1, -0.05) is 140 Å². The molecule has 2 heterocycles. The molecule has 312 valence electrons. The summed E-state index contributed by atoms with van der Waals surface area (Å²) in [5, 5.41) is 7.08. The van der Waals surface area contributed by atoms with Gasteiger partial charge in [0.05, 0.1) is 0 Å². The molecule has 0 aliphatic heterocycles. The van der Waals surface area contributed by atoms with Crippen LogP contribution in [0.2, 0.25) is 0 Å². The predicted molar refractivity (Wildman–Crippen MR) is 261 cm³/mol. The van der Waals surface area contributed by atoms with E-state index in [0.29, 0.717) is 0 Å². The largest absolute Gasteiger partial charge is 0.456 e. The van der Waals surface area contributed by atoms with Gasteiger partial charge in [-0.15, -0.1) is 0 Å². The summed E-state index contributed by atoms with van der Waals surface area (Å²) in [6, 6.07) is 32.1. The zero-order valence-electron chi connectivity index (χ0n) is 37.6. The Kier molecular flexibility index (Phi) is 13.5. The first-order chi connectivity index (χ1) is 29.3. The molecule has 0 unspecified atom stereocenters. The molecule has 0 bridgehead atoms. The summed E-state index contributed by atoms with van der Waals surface area (Å²) in [7, 11) is 0. The van der Waals surface area contributed by atoms with Crippen LogP contribution in [0.3, 0.4) is 0 Å². The minimum Gasteiger partial charge on any atom is -0.456 e. The topological polar surface area (TPSA) is 26.3 Å². The van der Waals surface area contributed by atoms with E-state index in [-0.39, 0.29) is 0 Å². The smallest absolute Gasteiger partial charge is 0.136 e. The molecule has 0 atom stereocenters. The van der Waals surface area contributed by atoms with Crippen molar-refractivity contribution in [1.82, 2.24) is 0 Å². The van der Waals surface area contributed by atoms with Crippen molar-refractivity contribution in [2.24, 2.45) is 0 Å². The molecule has 2 heteroatoms. The second-order valence-corrected chi connectivity index (χ2v) is 18.3. The summed E-state index contributed by atoms with van der Waals surface area (Å²) in [4.78, 5) is 0. The molecular weight excluding hydrogens is 729 g/mol. The highest BCUT2D eigenvalue weighted by molar-refractivity contribution is 6.27. The van der Waals surface area contributed by atoms with Gasteiger partial charge in [-0.05, 0) is 168 Å². The molecule has 0 N–H and O–H groups in total. The zero-order valence-corrected chi connectivity index (χ0v) is 37.6. The summed E-state index contributed by atoms with van der Waals surface area (Å²) in [5.74, 6) is 0. The van der Waals surface area contributed by atoms with Crippen molar-refractivity contribution >= 4 is 54.6 Å². The predicted octanol–water partition coefficient (Wildman–Crippen LogP) is 18.6. The van der Waals surface area contributed by atoms with Crippen LogP contribution >= 0.6 is 0 Å². The summed E-state index contributed by atoms with van der Waals surface area (Å²) < 4.78 is 13.3. The number of fused-ring (bicyclic) bond motifs is 9. The Balaban J connectivity index is 1.02. The maximum Gasteiger partial charge on any atom is 0.136 e. The van der Waals surface area contributed by atoms with E-state index in [2.05, 4.69) is 126 Å². The first-order valence-electron chi connectivity index (χ1n) is 23.8. The van der Waals surface area contributed by atoms with Crippen molar-refractivity contribution in [3.05, 3.63) is 118 Å². The third-order valence-corrected chi connectivity index (χ3v) is 13.5. The molecule has 2 aromatic heterocycles. The molecule has 60 heavy (non-hydrogen) atoms. The molecule has 0 radical (unpaired) electrons. The molecule has 0 saturated carbocycles. The van der Waals surface area contributed by atoms with Crippen molar-refractivity contribution in [3.63, 3.8) is 0 Å². The van der Waals surface area contributed by atoms with Crippen LogP contribution in [-0.2, 0) is 12.8 Å². The second kappa shape index (κ2) is 19.3. The van der Waals surface area contributed by atoms with Crippen LogP contribution in [0.4, 0.5) is 0 Å². The lowest BCUT2D eigenvalue weighted by atomic mass is 9.91. The van der Waals surface area contributed by atoms with Gasteiger partial charge in [0, 0.05) is 21.5 Å². The third-order valence-electron chi connectivity index (χ3n) is 13.5. The van der Waals surface area contributed by atoms with Gasteiger partial charge in [-0.3, -0.25) is 0 Å². The molecule has 2 nitrogen and oxygen atoms in total. The van der Waals surface area contributed by atoms with E-state index >= 15 is 0 Å². The number of hydrogen-bond donors (Lipinski definition) is 0. The first kappa shape index (κ1) is 41.9. The Morgan fingerprint density at radius 2 is 0.667 bits per heavy atom. The maximum absolute atomic E-state index is 6.63. The molecule has 6 aromatic carbocycles. The van der Waals surface area contributed by atoms with Crippen molar-refractivity contribution in [2.45, 2.75) is 157 Å². The van der Waals surface area contributed by atoms with E-state index in [9.17, 15) is 0 Å². The lowest BCUT2D eigenvalue weighted by Gasteiger charge is -2.13. The lowest BCUT2D eigenvalue weighted by molar-refractivity contribution is 0.575. The lowest BCUT2D eigenvalue weighted by Crippen LogP contribution is -1.94. The number of furan rings is 2. The minimum absolute atomic E-state index is 0.926. The van der Waals surface area contributed by atoms with E-state index in [1.165, 1.54) is 193 Å². The van der Waals surface area contributed by atoms with E-state index in [4.69, 9.17) is 8.83 Å². The van der Waals surface area contributed by atoms with Gasteiger partial charge in [-0.25, -0.2) is 0 Å². The van der Waals surface area contributed by atoms with Crippen LogP contribution in [0.25, 0.3) is 76.9 Å². The molecule has 0 aliphatic rings. The van der Waals surface area contributed by atoms with E-state index in [0.717, 1.165) is 33.1 Å². The first-order valence-corrected chi connectivity index (χ1v) is 23.8. The minimum atomic E-state index is 0.926. The SMILES string of the molecule is CCCCCCCCCCc1cc(C)c(-c2ccc3c(c2)oc2ccc4c(ccc5oc6cc(-c7c(C)cc(CCCCCCCCCC)cc7C)ccc6c54)c23)c(C)c1.